The second-order valence-corrected chi connectivity index (χ2v) is 6.73. The van der Waals surface area contributed by atoms with Gasteiger partial charge in [-0.2, -0.15) is 0 Å². The minimum Gasteiger partial charge on any atom is -0.324 e. The zero-order chi connectivity index (χ0) is 19.4. The van der Waals surface area contributed by atoms with Gasteiger partial charge in [0, 0.05) is 11.4 Å². The monoisotopic (exact) mass is 368 g/mol. The predicted molar refractivity (Wildman–Crippen MR) is 112 cm³/mol. The van der Waals surface area contributed by atoms with Crippen LogP contribution in [0, 0.1) is 0 Å². The number of anilines is 2. The molecule has 1 aliphatic rings. The summed E-state index contributed by atoms with van der Waals surface area (Å²) in [5.41, 5.74) is 1.32. The molecule has 1 saturated heterocycles. The van der Waals surface area contributed by atoms with Gasteiger partial charge in [-0.3, -0.25) is 14.5 Å². The highest BCUT2D eigenvalue weighted by atomic mass is 16.2. The molecule has 0 aromatic heterocycles. The Bertz CT molecular complexity index is 1000. The van der Waals surface area contributed by atoms with E-state index in [1.165, 1.54) is 0 Å². The van der Waals surface area contributed by atoms with Gasteiger partial charge in [0.2, 0.25) is 5.91 Å². The first-order chi connectivity index (χ1) is 13.7. The molecule has 0 spiro atoms. The number of amides is 2. The van der Waals surface area contributed by atoms with E-state index in [4.69, 9.17) is 0 Å². The summed E-state index contributed by atoms with van der Waals surface area (Å²) in [7, 11) is 0. The van der Waals surface area contributed by atoms with Gasteiger partial charge < -0.3 is 5.32 Å². The Morgan fingerprint density at radius 3 is 2.04 bits per heavy atom. The summed E-state index contributed by atoms with van der Waals surface area (Å²) < 4.78 is 0. The number of nitrogens with zero attached hydrogens (tertiary/aromatic N) is 1. The number of β-lactam (4-membered cyclic amide) rings is 1. The van der Waals surface area contributed by atoms with Crippen LogP contribution < -0.4 is 10.2 Å². The van der Waals surface area contributed by atoms with Gasteiger partial charge in [-0.05, 0) is 35.9 Å². The Morgan fingerprint density at radius 2 is 1.43 bits per heavy atom. The highest BCUT2D eigenvalue weighted by molar-refractivity contribution is 6.18. The number of para-hydroxylation sites is 2. The molecule has 3 aromatic rings. The van der Waals surface area contributed by atoms with E-state index in [9.17, 15) is 9.59 Å². The van der Waals surface area contributed by atoms with Crippen molar-refractivity contribution in [1.29, 1.82) is 0 Å². The van der Waals surface area contributed by atoms with E-state index >= 15 is 0 Å². The van der Waals surface area contributed by atoms with Crippen LogP contribution in [0.2, 0.25) is 0 Å². The molecular weight excluding hydrogens is 348 g/mol. The molecule has 1 unspecified atom stereocenters. The molecule has 1 aliphatic heterocycles. The van der Waals surface area contributed by atoms with Gasteiger partial charge in [-0.15, -0.1) is 0 Å². The van der Waals surface area contributed by atoms with Crippen molar-refractivity contribution in [2.24, 2.45) is 0 Å². The lowest BCUT2D eigenvalue weighted by molar-refractivity contribution is -0.134. The zero-order valence-electron chi connectivity index (χ0n) is 15.3. The third-order valence-electron chi connectivity index (χ3n) is 4.86. The van der Waals surface area contributed by atoms with Crippen molar-refractivity contribution in [3.05, 3.63) is 103 Å². The first-order valence-corrected chi connectivity index (χ1v) is 9.18. The van der Waals surface area contributed by atoms with Crippen molar-refractivity contribution in [3.63, 3.8) is 0 Å². The standard InChI is InChI=1S/C24H20N2O2/c27-22-18-24(17-16-19-10-4-1-5-11-19,26(22)21-14-8-3-9-15-21)23(28)25-20-12-6-2-7-13-20/h1-17H,18H2,(H,25,28). The summed E-state index contributed by atoms with van der Waals surface area (Å²) in [6.07, 6.45) is 3.85. The molecular formula is C24H20N2O2. The second kappa shape index (κ2) is 7.53. The van der Waals surface area contributed by atoms with Gasteiger partial charge in [0.25, 0.3) is 5.91 Å². The molecule has 4 heteroatoms. The van der Waals surface area contributed by atoms with E-state index in [1.807, 2.05) is 103 Å². The van der Waals surface area contributed by atoms with Crippen molar-refractivity contribution >= 4 is 29.3 Å². The van der Waals surface area contributed by atoms with Gasteiger partial charge in [0.1, 0.15) is 0 Å². The smallest absolute Gasteiger partial charge is 0.255 e. The minimum atomic E-state index is -1.07. The second-order valence-electron chi connectivity index (χ2n) is 6.73. The van der Waals surface area contributed by atoms with Gasteiger partial charge in [-0.25, -0.2) is 0 Å². The molecule has 4 nitrogen and oxygen atoms in total. The van der Waals surface area contributed by atoms with Crippen molar-refractivity contribution < 1.29 is 9.59 Å². The van der Waals surface area contributed by atoms with Crippen LogP contribution in [0.1, 0.15) is 12.0 Å². The third-order valence-corrected chi connectivity index (χ3v) is 4.86. The summed E-state index contributed by atoms with van der Waals surface area (Å²) >= 11 is 0. The van der Waals surface area contributed by atoms with Crippen LogP contribution in [-0.2, 0) is 9.59 Å². The highest BCUT2D eigenvalue weighted by Crippen LogP contribution is 2.39. The largest absolute Gasteiger partial charge is 0.324 e. The SMILES string of the molecule is O=C1CC(C=Cc2ccccc2)(C(=O)Nc2ccccc2)N1c1ccccc1. The van der Waals surface area contributed by atoms with Gasteiger partial charge in [-0.1, -0.05) is 72.8 Å². The van der Waals surface area contributed by atoms with Crippen LogP contribution in [0.3, 0.4) is 0 Å². The molecule has 0 bridgehead atoms. The molecule has 2 amide bonds. The molecule has 0 aliphatic carbocycles. The molecule has 138 valence electrons. The molecule has 28 heavy (non-hydrogen) atoms. The van der Waals surface area contributed by atoms with Gasteiger partial charge >= 0.3 is 0 Å². The fourth-order valence-electron chi connectivity index (χ4n) is 3.42. The Kier molecular flexibility index (Phi) is 4.77. The summed E-state index contributed by atoms with van der Waals surface area (Å²) in [6, 6.07) is 28.3. The number of carbonyl (C=O) groups excluding carboxylic acids is 2. The van der Waals surface area contributed by atoms with Gasteiger partial charge in [0.15, 0.2) is 5.54 Å². The summed E-state index contributed by atoms with van der Waals surface area (Å²) in [5.74, 6) is -0.304. The predicted octanol–water partition coefficient (Wildman–Crippen LogP) is 4.51. The number of hydrogen-bond donors (Lipinski definition) is 1. The Balaban J connectivity index is 1.72. The maximum atomic E-state index is 13.3. The number of nitrogens with one attached hydrogen (secondary N) is 1. The molecule has 3 aromatic carbocycles. The first kappa shape index (κ1) is 17.7. The molecule has 1 heterocycles. The first-order valence-electron chi connectivity index (χ1n) is 9.18. The van der Waals surface area contributed by atoms with Crippen molar-refractivity contribution in [2.45, 2.75) is 12.0 Å². The Morgan fingerprint density at radius 1 is 0.857 bits per heavy atom. The fraction of sp³-hybridized carbons (Fsp3) is 0.0833. The van der Waals surface area contributed by atoms with Crippen molar-refractivity contribution in [1.82, 2.24) is 0 Å². The zero-order valence-corrected chi connectivity index (χ0v) is 15.3. The van der Waals surface area contributed by atoms with Crippen LogP contribution in [0.4, 0.5) is 11.4 Å². The Labute approximate surface area is 164 Å². The summed E-state index contributed by atoms with van der Waals surface area (Å²) in [5, 5.41) is 2.96. The van der Waals surface area contributed by atoms with Crippen LogP contribution in [-0.4, -0.2) is 17.4 Å². The molecule has 1 fully saturated rings. The van der Waals surface area contributed by atoms with Crippen molar-refractivity contribution in [2.75, 3.05) is 10.2 Å². The van der Waals surface area contributed by atoms with Gasteiger partial charge in [0.05, 0.1) is 6.42 Å². The Hall–Kier alpha value is -3.66. The molecule has 1 atom stereocenters. The number of carbonyl (C=O) groups is 2. The van der Waals surface area contributed by atoms with E-state index in [0.717, 1.165) is 5.56 Å². The normalized spacial score (nSPS) is 18.7. The third kappa shape index (κ3) is 3.32. The van der Waals surface area contributed by atoms with Crippen LogP contribution >= 0.6 is 0 Å². The quantitative estimate of drug-likeness (QED) is 0.674. The molecule has 1 N–H and O–H groups in total. The summed E-state index contributed by atoms with van der Waals surface area (Å²) in [4.78, 5) is 27.4. The van der Waals surface area contributed by atoms with Crippen LogP contribution in [0.15, 0.2) is 97.1 Å². The number of hydrogen-bond acceptors (Lipinski definition) is 2. The lowest BCUT2D eigenvalue weighted by Gasteiger charge is -2.48. The lowest BCUT2D eigenvalue weighted by atomic mass is 9.81. The van der Waals surface area contributed by atoms with Crippen LogP contribution in [0.5, 0.6) is 0 Å². The lowest BCUT2D eigenvalue weighted by Crippen LogP contribution is -2.68. The molecule has 4 rings (SSSR count). The van der Waals surface area contributed by atoms with E-state index in [1.54, 1.807) is 4.90 Å². The average Bonchev–Trinajstić information content (AvgIpc) is 2.73. The molecule has 0 radical (unpaired) electrons. The topological polar surface area (TPSA) is 49.4 Å². The summed E-state index contributed by atoms with van der Waals surface area (Å²) in [6.45, 7) is 0. The molecule has 0 saturated carbocycles. The minimum absolute atomic E-state index is 0.0767. The van der Waals surface area contributed by atoms with E-state index in [0.29, 0.717) is 11.4 Å². The number of benzene rings is 3. The average molecular weight is 368 g/mol. The highest BCUT2D eigenvalue weighted by Gasteiger charge is 2.55. The van der Waals surface area contributed by atoms with Crippen molar-refractivity contribution in [3.8, 4) is 0 Å². The van der Waals surface area contributed by atoms with E-state index in [2.05, 4.69) is 5.32 Å². The van der Waals surface area contributed by atoms with E-state index in [-0.39, 0.29) is 18.2 Å². The maximum absolute atomic E-state index is 13.3. The fourth-order valence-corrected chi connectivity index (χ4v) is 3.42. The van der Waals surface area contributed by atoms with E-state index < -0.39 is 5.54 Å². The maximum Gasteiger partial charge on any atom is 0.255 e. The van der Waals surface area contributed by atoms with Crippen LogP contribution in [0.25, 0.3) is 6.08 Å². The number of rotatable bonds is 5.